The SMILES string of the molecule is CC(C(=O)N(C)C(C)CN)C(N)c1ccccc1. The predicted octanol–water partition coefficient (Wildman–Crippen LogP) is 1.13. The molecular weight excluding hydrogens is 226 g/mol. The van der Waals surface area contributed by atoms with Crippen LogP contribution in [0.3, 0.4) is 0 Å². The van der Waals surface area contributed by atoms with Crippen LogP contribution in [-0.2, 0) is 4.79 Å². The highest BCUT2D eigenvalue weighted by molar-refractivity contribution is 5.79. The Kier molecular flexibility index (Phi) is 5.31. The van der Waals surface area contributed by atoms with Gasteiger partial charge in [0.25, 0.3) is 0 Å². The van der Waals surface area contributed by atoms with Crippen molar-refractivity contribution in [3.8, 4) is 0 Å². The fraction of sp³-hybridized carbons (Fsp3) is 0.500. The lowest BCUT2D eigenvalue weighted by Gasteiger charge is -2.29. The third kappa shape index (κ3) is 3.31. The Morgan fingerprint density at radius 3 is 2.33 bits per heavy atom. The summed E-state index contributed by atoms with van der Waals surface area (Å²) in [4.78, 5) is 13.9. The first-order valence-electron chi connectivity index (χ1n) is 6.26. The highest BCUT2D eigenvalue weighted by Gasteiger charge is 2.26. The zero-order valence-electron chi connectivity index (χ0n) is 11.3. The molecule has 0 bridgehead atoms. The summed E-state index contributed by atoms with van der Waals surface area (Å²) < 4.78 is 0. The lowest BCUT2D eigenvalue weighted by Crippen LogP contribution is -2.44. The Labute approximate surface area is 109 Å². The number of amides is 1. The third-order valence-electron chi connectivity index (χ3n) is 3.46. The fourth-order valence-electron chi connectivity index (χ4n) is 1.81. The zero-order valence-corrected chi connectivity index (χ0v) is 11.3. The van der Waals surface area contributed by atoms with Gasteiger partial charge in [0.15, 0.2) is 0 Å². The maximum atomic E-state index is 12.2. The standard InChI is InChI=1S/C14H23N3O/c1-10(9-15)17(3)14(18)11(2)13(16)12-7-5-4-6-8-12/h4-8,10-11,13H,9,15-16H2,1-3H3. The second kappa shape index (κ2) is 6.52. The second-order valence-electron chi connectivity index (χ2n) is 4.76. The summed E-state index contributed by atoms with van der Waals surface area (Å²) in [5.74, 6) is -0.226. The van der Waals surface area contributed by atoms with Gasteiger partial charge in [-0.1, -0.05) is 37.3 Å². The Bertz CT molecular complexity index is 380. The summed E-state index contributed by atoms with van der Waals surface area (Å²) in [6.45, 7) is 4.24. The number of hydrogen-bond acceptors (Lipinski definition) is 3. The third-order valence-corrected chi connectivity index (χ3v) is 3.46. The number of nitrogens with two attached hydrogens (primary N) is 2. The smallest absolute Gasteiger partial charge is 0.227 e. The first-order valence-corrected chi connectivity index (χ1v) is 6.26. The molecule has 1 amide bonds. The van der Waals surface area contributed by atoms with E-state index in [0.29, 0.717) is 6.54 Å². The van der Waals surface area contributed by atoms with Crippen molar-refractivity contribution in [3.63, 3.8) is 0 Å². The molecule has 4 N–H and O–H groups in total. The minimum absolute atomic E-state index is 0.0305. The summed E-state index contributed by atoms with van der Waals surface area (Å²) in [5, 5.41) is 0. The summed E-state index contributed by atoms with van der Waals surface area (Å²) in [6.07, 6.45) is 0. The molecule has 1 aromatic rings. The molecule has 0 radical (unpaired) electrons. The van der Waals surface area contributed by atoms with E-state index in [-0.39, 0.29) is 23.9 Å². The molecule has 18 heavy (non-hydrogen) atoms. The van der Waals surface area contributed by atoms with Crippen molar-refractivity contribution < 1.29 is 4.79 Å². The van der Waals surface area contributed by atoms with E-state index in [4.69, 9.17) is 11.5 Å². The summed E-state index contributed by atoms with van der Waals surface area (Å²) in [7, 11) is 1.77. The largest absolute Gasteiger partial charge is 0.341 e. The van der Waals surface area contributed by atoms with Crippen molar-refractivity contribution >= 4 is 5.91 Å². The van der Waals surface area contributed by atoms with Gasteiger partial charge in [0.05, 0.1) is 5.92 Å². The maximum absolute atomic E-state index is 12.2. The van der Waals surface area contributed by atoms with Crippen molar-refractivity contribution in [1.29, 1.82) is 0 Å². The Balaban J connectivity index is 2.75. The molecule has 0 heterocycles. The molecule has 3 unspecified atom stereocenters. The van der Waals surface area contributed by atoms with Crippen LogP contribution in [0.2, 0.25) is 0 Å². The van der Waals surface area contributed by atoms with Crippen LogP contribution < -0.4 is 11.5 Å². The predicted molar refractivity (Wildman–Crippen MR) is 73.8 cm³/mol. The van der Waals surface area contributed by atoms with E-state index in [1.807, 2.05) is 44.2 Å². The first-order chi connectivity index (χ1) is 8.49. The Morgan fingerprint density at radius 2 is 1.83 bits per heavy atom. The normalized spacial score (nSPS) is 15.8. The molecule has 0 fully saturated rings. The van der Waals surface area contributed by atoms with Crippen LogP contribution in [0.1, 0.15) is 25.5 Å². The van der Waals surface area contributed by atoms with Crippen LogP contribution in [-0.4, -0.2) is 30.4 Å². The van der Waals surface area contributed by atoms with E-state index in [2.05, 4.69) is 0 Å². The molecule has 100 valence electrons. The van der Waals surface area contributed by atoms with E-state index in [0.717, 1.165) is 5.56 Å². The van der Waals surface area contributed by atoms with Crippen LogP contribution in [0.25, 0.3) is 0 Å². The molecule has 4 nitrogen and oxygen atoms in total. The van der Waals surface area contributed by atoms with E-state index < -0.39 is 0 Å². The van der Waals surface area contributed by atoms with Crippen molar-refractivity contribution in [1.82, 2.24) is 4.90 Å². The molecule has 0 aliphatic rings. The number of carbonyl (C=O) groups is 1. The van der Waals surface area contributed by atoms with Gasteiger partial charge in [-0.25, -0.2) is 0 Å². The monoisotopic (exact) mass is 249 g/mol. The van der Waals surface area contributed by atoms with Crippen molar-refractivity contribution in [2.24, 2.45) is 17.4 Å². The van der Waals surface area contributed by atoms with Gasteiger partial charge >= 0.3 is 0 Å². The summed E-state index contributed by atoms with van der Waals surface area (Å²) in [5.41, 5.74) is 12.7. The Hall–Kier alpha value is -1.39. The highest BCUT2D eigenvalue weighted by atomic mass is 16.2. The van der Waals surface area contributed by atoms with Crippen LogP contribution in [0.4, 0.5) is 0 Å². The van der Waals surface area contributed by atoms with Gasteiger partial charge in [-0.15, -0.1) is 0 Å². The zero-order chi connectivity index (χ0) is 13.7. The quantitative estimate of drug-likeness (QED) is 0.821. The molecule has 4 heteroatoms. The molecule has 0 spiro atoms. The minimum atomic E-state index is -0.286. The lowest BCUT2D eigenvalue weighted by atomic mass is 9.94. The fourth-order valence-corrected chi connectivity index (χ4v) is 1.81. The lowest BCUT2D eigenvalue weighted by molar-refractivity contribution is -0.136. The molecule has 1 rings (SSSR count). The highest BCUT2D eigenvalue weighted by Crippen LogP contribution is 2.21. The second-order valence-corrected chi connectivity index (χ2v) is 4.76. The molecule has 0 saturated heterocycles. The van der Waals surface area contributed by atoms with E-state index in [1.165, 1.54) is 0 Å². The van der Waals surface area contributed by atoms with Crippen molar-refractivity contribution in [2.45, 2.75) is 25.9 Å². The minimum Gasteiger partial charge on any atom is -0.341 e. The topological polar surface area (TPSA) is 72.3 Å². The average molecular weight is 249 g/mol. The van der Waals surface area contributed by atoms with Gasteiger partial charge in [-0.2, -0.15) is 0 Å². The van der Waals surface area contributed by atoms with Gasteiger partial charge < -0.3 is 16.4 Å². The van der Waals surface area contributed by atoms with Gasteiger partial charge in [-0.05, 0) is 12.5 Å². The Morgan fingerprint density at radius 1 is 1.28 bits per heavy atom. The first kappa shape index (κ1) is 14.7. The maximum Gasteiger partial charge on any atom is 0.227 e. The average Bonchev–Trinajstić information content (AvgIpc) is 2.44. The van der Waals surface area contributed by atoms with Crippen molar-refractivity contribution in [3.05, 3.63) is 35.9 Å². The molecule has 0 saturated carbocycles. The molecular formula is C14H23N3O. The number of rotatable bonds is 5. The van der Waals surface area contributed by atoms with E-state index >= 15 is 0 Å². The van der Waals surface area contributed by atoms with Crippen LogP contribution in [0.15, 0.2) is 30.3 Å². The molecule has 0 aliphatic carbocycles. The van der Waals surface area contributed by atoms with Gasteiger partial charge in [0.1, 0.15) is 0 Å². The number of hydrogen-bond donors (Lipinski definition) is 2. The van der Waals surface area contributed by atoms with E-state index in [9.17, 15) is 4.79 Å². The number of nitrogens with zero attached hydrogens (tertiary/aromatic N) is 1. The molecule has 0 aliphatic heterocycles. The number of likely N-dealkylation sites (N-methyl/N-ethyl adjacent to an activating group) is 1. The molecule has 3 atom stereocenters. The number of benzene rings is 1. The van der Waals surface area contributed by atoms with Crippen LogP contribution >= 0.6 is 0 Å². The van der Waals surface area contributed by atoms with E-state index in [1.54, 1.807) is 11.9 Å². The molecule has 0 aromatic heterocycles. The van der Waals surface area contributed by atoms with Gasteiger partial charge in [0.2, 0.25) is 5.91 Å². The van der Waals surface area contributed by atoms with Crippen molar-refractivity contribution in [2.75, 3.05) is 13.6 Å². The van der Waals surface area contributed by atoms with Gasteiger partial charge in [0, 0.05) is 25.7 Å². The summed E-state index contributed by atoms with van der Waals surface area (Å²) in [6, 6.07) is 9.43. The van der Waals surface area contributed by atoms with Crippen LogP contribution in [0.5, 0.6) is 0 Å². The molecule has 1 aromatic carbocycles. The number of carbonyl (C=O) groups excluding carboxylic acids is 1. The summed E-state index contributed by atoms with van der Waals surface area (Å²) >= 11 is 0. The van der Waals surface area contributed by atoms with Crippen LogP contribution in [0, 0.1) is 5.92 Å². The van der Waals surface area contributed by atoms with Gasteiger partial charge in [-0.3, -0.25) is 4.79 Å².